The van der Waals surface area contributed by atoms with Gasteiger partial charge in [-0.15, -0.1) is 11.6 Å². The van der Waals surface area contributed by atoms with Crippen LogP contribution in [0.4, 0.5) is 0 Å². The minimum absolute atomic E-state index is 0.0619. The molecule has 4 heteroatoms. The maximum Gasteiger partial charge on any atom is 0.256 e. The Bertz CT molecular complexity index is 638. The van der Waals surface area contributed by atoms with E-state index >= 15 is 0 Å². The fourth-order valence-electron chi connectivity index (χ4n) is 3.04. The van der Waals surface area contributed by atoms with E-state index < -0.39 is 0 Å². The molecule has 1 fully saturated rings. The lowest BCUT2D eigenvalue weighted by atomic mass is 10.1. The minimum atomic E-state index is 0.0619. The van der Waals surface area contributed by atoms with Gasteiger partial charge in [-0.2, -0.15) is 0 Å². The predicted octanol–water partition coefficient (Wildman–Crippen LogP) is 3.86. The van der Waals surface area contributed by atoms with Crippen molar-refractivity contribution in [2.24, 2.45) is 0 Å². The van der Waals surface area contributed by atoms with Gasteiger partial charge in [0.1, 0.15) is 0 Å². The van der Waals surface area contributed by atoms with E-state index in [1.165, 1.54) is 6.42 Å². The number of alkyl halides is 1. The van der Waals surface area contributed by atoms with E-state index in [1.54, 1.807) is 6.20 Å². The topological polar surface area (TPSA) is 33.2 Å². The van der Waals surface area contributed by atoms with Crippen LogP contribution >= 0.6 is 11.6 Å². The number of nitrogens with zero attached hydrogens (tertiary/aromatic N) is 2. The molecule has 0 spiro atoms. The van der Waals surface area contributed by atoms with Gasteiger partial charge in [-0.1, -0.05) is 31.0 Å². The summed E-state index contributed by atoms with van der Waals surface area (Å²) in [6.07, 6.45) is 6.10. The highest BCUT2D eigenvalue weighted by molar-refractivity contribution is 6.18. The lowest BCUT2D eigenvalue weighted by molar-refractivity contribution is 0.0702. The van der Waals surface area contributed by atoms with Gasteiger partial charge in [-0.25, -0.2) is 0 Å². The summed E-state index contributed by atoms with van der Waals surface area (Å²) < 4.78 is 0. The molecule has 1 unspecified atom stereocenters. The number of para-hydroxylation sites is 1. The number of hydrogen-bond acceptors (Lipinski definition) is 2. The maximum absolute atomic E-state index is 13.0. The third-order valence-electron chi connectivity index (χ3n) is 4.18. The summed E-state index contributed by atoms with van der Waals surface area (Å²) in [4.78, 5) is 19.3. The summed E-state index contributed by atoms with van der Waals surface area (Å²) in [7, 11) is 0. The molecule has 0 saturated carbocycles. The van der Waals surface area contributed by atoms with Crippen LogP contribution in [-0.2, 0) is 0 Å². The largest absolute Gasteiger partial charge is 0.334 e. The van der Waals surface area contributed by atoms with Crippen LogP contribution in [0.25, 0.3) is 10.9 Å². The van der Waals surface area contributed by atoms with Gasteiger partial charge >= 0.3 is 0 Å². The molecule has 110 valence electrons. The maximum atomic E-state index is 13.0. The highest BCUT2D eigenvalue weighted by atomic mass is 35.5. The molecule has 3 rings (SSSR count). The molecule has 0 N–H and O–H groups in total. The molecule has 2 heterocycles. The van der Waals surface area contributed by atoms with Gasteiger partial charge in [-0.05, 0) is 25.0 Å². The first-order valence-electron chi connectivity index (χ1n) is 7.52. The van der Waals surface area contributed by atoms with Crippen LogP contribution in [0.5, 0.6) is 0 Å². The summed E-state index contributed by atoms with van der Waals surface area (Å²) in [5.41, 5.74) is 1.47. The molecule has 1 aliphatic rings. The zero-order valence-electron chi connectivity index (χ0n) is 12.0. The van der Waals surface area contributed by atoms with E-state index in [0.29, 0.717) is 11.4 Å². The van der Waals surface area contributed by atoms with Crippen LogP contribution in [0, 0.1) is 0 Å². The van der Waals surface area contributed by atoms with E-state index in [2.05, 4.69) is 4.98 Å². The van der Waals surface area contributed by atoms with Gasteiger partial charge in [0.25, 0.3) is 5.91 Å². The molecule has 0 aliphatic carbocycles. The second kappa shape index (κ2) is 6.44. The number of carbonyl (C=O) groups is 1. The van der Waals surface area contributed by atoms with Crippen molar-refractivity contribution < 1.29 is 4.79 Å². The summed E-state index contributed by atoms with van der Waals surface area (Å²) in [6.45, 7) is 0.791. The van der Waals surface area contributed by atoms with E-state index in [9.17, 15) is 4.79 Å². The fourth-order valence-corrected chi connectivity index (χ4v) is 3.36. The molecule has 1 saturated heterocycles. The lowest BCUT2D eigenvalue weighted by Crippen LogP contribution is -2.41. The number of aromatic nitrogens is 1. The summed E-state index contributed by atoms with van der Waals surface area (Å²) in [5.74, 6) is 0.566. The minimum Gasteiger partial charge on any atom is -0.334 e. The summed E-state index contributed by atoms with van der Waals surface area (Å²) in [5, 5.41) is 1.00. The molecule has 21 heavy (non-hydrogen) atoms. The Hall–Kier alpha value is -1.61. The average Bonchev–Trinajstić information content (AvgIpc) is 2.79. The van der Waals surface area contributed by atoms with Crippen molar-refractivity contribution in [2.45, 2.75) is 31.7 Å². The molecule has 1 aromatic heterocycles. The average molecular weight is 303 g/mol. The van der Waals surface area contributed by atoms with Crippen LogP contribution in [0.2, 0.25) is 0 Å². The van der Waals surface area contributed by atoms with Crippen molar-refractivity contribution in [1.29, 1.82) is 0 Å². The highest BCUT2D eigenvalue weighted by Crippen LogP contribution is 2.23. The second-order valence-electron chi connectivity index (χ2n) is 5.54. The van der Waals surface area contributed by atoms with Crippen LogP contribution in [0.3, 0.4) is 0 Å². The molecule has 3 nitrogen and oxygen atoms in total. The number of carbonyl (C=O) groups excluding carboxylic acids is 1. The van der Waals surface area contributed by atoms with Crippen molar-refractivity contribution in [3.05, 3.63) is 42.1 Å². The fraction of sp³-hybridized carbons (Fsp3) is 0.412. The Morgan fingerprint density at radius 1 is 1.24 bits per heavy atom. The Labute approximate surface area is 129 Å². The molecular formula is C17H19ClN2O. The van der Waals surface area contributed by atoms with Gasteiger partial charge in [0.15, 0.2) is 0 Å². The van der Waals surface area contributed by atoms with Crippen LogP contribution in [-0.4, -0.2) is 34.3 Å². The van der Waals surface area contributed by atoms with Gasteiger partial charge in [0.2, 0.25) is 0 Å². The van der Waals surface area contributed by atoms with E-state index in [1.807, 2.05) is 35.2 Å². The Kier molecular flexibility index (Phi) is 4.39. The highest BCUT2D eigenvalue weighted by Gasteiger charge is 2.26. The number of hydrogen-bond donors (Lipinski definition) is 0. The van der Waals surface area contributed by atoms with E-state index in [-0.39, 0.29) is 11.9 Å². The first-order chi connectivity index (χ1) is 10.3. The van der Waals surface area contributed by atoms with Crippen LogP contribution in [0.15, 0.2) is 36.5 Å². The number of benzene rings is 1. The predicted molar refractivity (Wildman–Crippen MR) is 85.8 cm³/mol. The zero-order chi connectivity index (χ0) is 14.7. The standard InChI is InChI=1S/C17H19ClN2O/c18-12-14-8-2-1-3-11-20(14)17(21)15-9-4-6-13-7-5-10-19-16(13)15/h4-7,9-10,14H,1-3,8,11-12H2. The van der Waals surface area contributed by atoms with Gasteiger partial charge in [0.05, 0.1) is 11.1 Å². The molecular weight excluding hydrogens is 284 g/mol. The van der Waals surface area contributed by atoms with E-state index in [4.69, 9.17) is 11.6 Å². The molecule has 2 aromatic rings. The number of likely N-dealkylation sites (tertiary alicyclic amines) is 1. The molecule has 1 amide bonds. The second-order valence-corrected chi connectivity index (χ2v) is 5.85. The van der Waals surface area contributed by atoms with Crippen LogP contribution < -0.4 is 0 Å². The SMILES string of the molecule is O=C(c1cccc2cccnc12)N1CCCCCC1CCl. The van der Waals surface area contributed by atoms with Crippen molar-refractivity contribution in [1.82, 2.24) is 9.88 Å². The first-order valence-corrected chi connectivity index (χ1v) is 8.05. The van der Waals surface area contributed by atoms with Crippen LogP contribution in [0.1, 0.15) is 36.0 Å². The van der Waals surface area contributed by atoms with Crippen molar-refractivity contribution in [3.8, 4) is 0 Å². The molecule has 1 aliphatic heterocycles. The summed E-state index contributed by atoms with van der Waals surface area (Å²) >= 11 is 6.09. The number of pyridine rings is 1. The third kappa shape index (κ3) is 2.88. The Morgan fingerprint density at radius 2 is 2.10 bits per heavy atom. The lowest BCUT2D eigenvalue weighted by Gasteiger charge is -2.29. The number of rotatable bonds is 2. The van der Waals surface area contributed by atoms with Gasteiger partial charge in [-0.3, -0.25) is 9.78 Å². The quantitative estimate of drug-likeness (QED) is 0.789. The zero-order valence-corrected chi connectivity index (χ0v) is 12.7. The normalized spacial score (nSPS) is 19.5. The van der Waals surface area contributed by atoms with Gasteiger partial charge < -0.3 is 4.90 Å². The third-order valence-corrected chi connectivity index (χ3v) is 4.54. The monoisotopic (exact) mass is 302 g/mol. The smallest absolute Gasteiger partial charge is 0.256 e. The van der Waals surface area contributed by atoms with Crippen molar-refractivity contribution >= 4 is 28.4 Å². The van der Waals surface area contributed by atoms with E-state index in [0.717, 1.165) is 36.7 Å². The Balaban J connectivity index is 1.99. The van der Waals surface area contributed by atoms with Crippen molar-refractivity contribution in [3.63, 3.8) is 0 Å². The molecule has 1 aromatic carbocycles. The van der Waals surface area contributed by atoms with Gasteiger partial charge in [0, 0.05) is 30.0 Å². The van der Waals surface area contributed by atoms with Crippen molar-refractivity contribution in [2.75, 3.05) is 12.4 Å². The number of fused-ring (bicyclic) bond motifs is 1. The molecule has 0 radical (unpaired) electrons. The molecule has 1 atom stereocenters. The Morgan fingerprint density at radius 3 is 2.95 bits per heavy atom. The summed E-state index contributed by atoms with van der Waals surface area (Å²) in [6, 6.07) is 9.80. The first kappa shape index (κ1) is 14.3. The number of halogens is 1. The molecule has 0 bridgehead atoms. The number of amides is 1.